The van der Waals surface area contributed by atoms with Gasteiger partial charge in [-0.1, -0.05) is 37.4 Å². The Balaban J connectivity index is 1.98. The summed E-state index contributed by atoms with van der Waals surface area (Å²) < 4.78 is 0. The number of nitrogens with one attached hydrogen (secondary N) is 1. The first-order chi connectivity index (χ1) is 9.20. The van der Waals surface area contributed by atoms with Gasteiger partial charge in [0.05, 0.1) is 10.7 Å². The lowest BCUT2D eigenvalue weighted by atomic mass is 10.1. The van der Waals surface area contributed by atoms with Gasteiger partial charge in [-0.15, -0.1) is 0 Å². The third-order valence-electron chi connectivity index (χ3n) is 4.01. The number of rotatable bonds is 6. The zero-order valence-electron chi connectivity index (χ0n) is 12.1. The lowest BCUT2D eigenvalue weighted by molar-refractivity contribution is 0.547. The van der Waals surface area contributed by atoms with Crippen LogP contribution in [-0.4, -0.2) is 20.1 Å². The maximum Gasteiger partial charge on any atom is 0.0642 e. The minimum Gasteiger partial charge on any atom is -0.373 e. The van der Waals surface area contributed by atoms with Crippen molar-refractivity contribution in [2.24, 2.45) is 5.92 Å². The van der Waals surface area contributed by atoms with Gasteiger partial charge < -0.3 is 10.2 Å². The molecule has 1 saturated carbocycles. The Hall–Kier alpha value is -0.730. The van der Waals surface area contributed by atoms with Crippen molar-refractivity contribution in [3.63, 3.8) is 0 Å². The lowest BCUT2D eigenvalue weighted by Gasteiger charge is -2.24. The number of halogens is 1. The zero-order valence-corrected chi connectivity index (χ0v) is 12.8. The van der Waals surface area contributed by atoms with Gasteiger partial charge in [-0.3, -0.25) is 0 Å². The van der Waals surface area contributed by atoms with Crippen molar-refractivity contribution >= 4 is 17.3 Å². The molecule has 0 radical (unpaired) electrons. The molecule has 0 heterocycles. The van der Waals surface area contributed by atoms with Crippen molar-refractivity contribution in [3.8, 4) is 0 Å². The number of nitrogens with zero attached hydrogens (tertiary/aromatic N) is 1. The van der Waals surface area contributed by atoms with E-state index in [4.69, 9.17) is 11.6 Å². The minimum atomic E-state index is 0.850. The second kappa shape index (κ2) is 7.16. The van der Waals surface area contributed by atoms with E-state index < -0.39 is 0 Å². The molecule has 0 unspecified atom stereocenters. The van der Waals surface area contributed by atoms with Crippen LogP contribution in [0.25, 0.3) is 0 Å². The molecule has 2 nitrogen and oxygen atoms in total. The standard InChI is InChI=1S/C16H25ClN2/c1-3-18-11-14-8-9-16(15(17)10-14)19(2)12-13-6-4-5-7-13/h8-10,13,18H,3-7,11-12H2,1-2H3. The molecule has 1 fully saturated rings. The highest BCUT2D eigenvalue weighted by molar-refractivity contribution is 6.33. The van der Waals surface area contributed by atoms with E-state index in [2.05, 4.69) is 42.4 Å². The van der Waals surface area contributed by atoms with Gasteiger partial charge in [-0.05, 0) is 43.0 Å². The summed E-state index contributed by atoms with van der Waals surface area (Å²) in [6, 6.07) is 6.42. The number of anilines is 1. The van der Waals surface area contributed by atoms with Gasteiger partial charge in [-0.2, -0.15) is 0 Å². The predicted octanol–water partition coefficient (Wildman–Crippen LogP) is 4.08. The fraction of sp³-hybridized carbons (Fsp3) is 0.625. The Morgan fingerprint density at radius 1 is 1.32 bits per heavy atom. The normalized spacial score (nSPS) is 15.9. The molecule has 0 bridgehead atoms. The molecular weight excluding hydrogens is 256 g/mol. The van der Waals surface area contributed by atoms with Gasteiger partial charge in [0.2, 0.25) is 0 Å². The van der Waals surface area contributed by atoms with Crippen molar-refractivity contribution < 1.29 is 0 Å². The van der Waals surface area contributed by atoms with Crippen LogP contribution in [0.3, 0.4) is 0 Å². The maximum atomic E-state index is 6.42. The Bertz CT molecular complexity index is 400. The molecule has 0 saturated heterocycles. The molecule has 1 N–H and O–H groups in total. The van der Waals surface area contributed by atoms with E-state index in [0.29, 0.717) is 0 Å². The maximum absolute atomic E-state index is 6.42. The summed E-state index contributed by atoms with van der Waals surface area (Å²) >= 11 is 6.42. The molecule has 1 aliphatic rings. The van der Waals surface area contributed by atoms with E-state index >= 15 is 0 Å². The Labute approximate surface area is 122 Å². The fourth-order valence-corrected chi connectivity index (χ4v) is 3.27. The first-order valence-electron chi connectivity index (χ1n) is 7.41. The van der Waals surface area contributed by atoms with Gasteiger partial charge in [-0.25, -0.2) is 0 Å². The first-order valence-corrected chi connectivity index (χ1v) is 7.78. The number of benzene rings is 1. The van der Waals surface area contributed by atoms with Crippen LogP contribution >= 0.6 is 11.6 Å². The summed E-state index contributed by atoms with van der Waals surface area (Å²) in [5, 5.41) is 4.20. The van der Waals surface area contributed by atoms with Crippen molar-refractivity contribution in [1.82, 2.24) is 5.32 Å². The quantitative estimate of drug-likeness (QED) is 0.845. The lowest BCUT2D eigenvalue weighted by Crippen LogP contribution is -2.24. The molecule has 0 amide bonds. The van der Waals surface area contributed by atoms with Crippen LogP contribution in [0.15, 0.2) is 18.2 Å². The van der Waals surface area contributed by atoms with Gasteiger partial charge in [0, 0.05) is 20.1 Å². The van der Waals surface area contributed by atoms with Gasteiger partial charge in [0.25, 0.3) is 0 Å². The third kappa shape index (κ3) is 4.12. The molecule has 2 rings (SSSR count). The van der Waals surface area contributed by atoms with Crippen molar-refractivity contribution in [2.75, 3.05) is 25.0 Å². The predicted molar refractivity (Wildman–Crippen MR) is 84.1 cm³/mol. The summed E-state index contributed by atoms with van der Waals surface area (Å²) in [4.78, 5) is 2.31. The average molecular weight is 281 g/mol. The van der Waals surface area contributed by atoms with Gasteiger partial charge in [0.1, 0.15) is 0 Å². The van der Waals surface area contributed by atoms with Crippen LogP contribution < -0.4 is 10.2 Å². The van der Waals surface area contributed by atoms with Crippen molar-refractivity contribution in [2.45, 2.75) is 39.2 Å². The number of hydrogen-bond acceptors (Lipinski definition) is 2. The Kier molecular flexibility index (Phi) is 5.53. The zero-order chi connectivity index (χ0) is 13.7. The molecule has 1 aromatic carbocycles. The third-order valence-corrected chi connectivity index (χ3v) is 4.31. The largest absolute Gasteiger partial charge is 0.373 e. The molecule has 0 spiro atoms. The molecule has 0 atom stereocenters. The highest BCUT2D eigenvalue weighted by Crippen LogP contribution is 2.30. The molecule has 106 valence electrons. The van der Waals surface area contributed by atoms with E-state index in [1.54, 1.807) is 0 Å². The SMILES string of the molecule is CCNCc1ccc(N(C)CC2CCCC2)c(Cl)c1. The summed E-state index contributed by atoms with van der Waals surface area (Å²) in [6.45, 7) is 5.13. The highest BCUT2D eigenvalue weighted by atomic mass is 35.5. The second-order valence-corrected chi connectivity index (χ2v) is 6.00. The molecule has 1 aliphatic carbocycles. The van der Waals surface area contributed by atoms with E-state index in [0.717, 1.165) is 36.3 Å². The van der Waals surface area contributed by atoms with E-state index in [-0.39, 0.29) is 0 Å². The van der Waals surface area contributed by atoms with Crippen LogP contribution in [0.4, 0.5) is 5.69 Å². The first kappa shape index (κ1) is 14.7. The molecular formula is C16H25ClN2. The van der Waals surface area contributed by atoms with Crippen molar-refractivity contribution in [3.05, 3.63) is 28.8 Å². The summed E-state index contributed by atoms with van der Waals surface area (Å²) in [7, 11) is 2.16. The fourth-order valence-electron chi connectivity index (χ4n) is 2.92. The molecule has 19 heavy (non-hydrogen) atoms. The summed E-state index contributed by atoms with van der Waals surface area (Å²) in [5.41, 5.74) is 2.42. The smallest absolute Gasteiger partial charge is 0.0642 e. The van der Waals surface area contributed by atoms with Crippen LogP contribution in [0.5, 0.6) is 0 Å². The summed E-state index contributed by atoms with van der Waals surface area (Å²) in [6.07, 6.45) is 5.54. The van der Waals surface area contributed by atoms with Crippen LogP contribution in [0, 0.1) is 5.92 Å². The Morgan fingerprint density at radius 2 is 2.05 bits per heavy atom. The van der Waals surface area contributed by atoms with E-state index in [9.17, 15) is 0 Å². The highest BCUT2D eigenvalue weighted by Gasteiger charge is 2.18. The second-order valence-electron chi connectivity index (χ2n) is 5.60. The molecule has 0 aliphatic heterocycles. The van der Waals surface area contributed by atoms with Gasteiger partial charge in [0.15, 0.2) is 0 Å². The Morgan fingerprint density at radius 3 is 2.68 bits per heavy atom. The molecule has 3 heteroatoms. The molecule has 1 aromatic rings. The average Bonchev–Trinajstić information content (AvgIpc) is 2.89. The van der Waals surface area contributed by atoms with Crippen LogP contribution in [0.1, 0.15) is 38.2 Å². The van der Waals surface area contributed by atoms with Gasteiger partial charge >= 0.3 is 0 Å². The van der Waals surface area contributed by atoms with Crippen molar-refractivity contribution in [1.29, 1.82) is 0 Å². The van der Waals surface area contributed by atoms with Crippen LogP contribution in [0.2, 0.25) is 5.02 Å². The van der Waals surface area contributed by atoms with Crippen LogP contribution in [-0.2, 0) is 6.54 Å². The monoisotopic (exact) mass is 280 g/mol. The molecule has 0 aromatic heterocycles. The summed E-state index contributed by atoms with van der Waals surface area (Å²) in [5.74, 6) is 0.850. The minimum absolute atomic E-state index is 0.850. The van der Waals surface area contributed by atoms with E-state index in [1.807, 2.05) is 0 Å². The topological polar surface area (TPSA) is 15.3 Å². The number of hydrogen-bond donors (Lipinski definition) is 1. The van der Waals surface area contributed by atoms with E-state index in [1.165, 1.54) is 31.2 Å².